The molecule has 0 aliphatic carbocycles. The van der Waals surface area contributed by atoms with Gasteiger partial charge in [0.2, 0.25) is 0 Å². The molecular formula is C14H12Cl4N2. The van der Waals surface area contributed by atoms with E-state index in [4.69, 9.17) is 52.2 Å². The Bertz CT molecular complexity index is 616. The van der Waals surface area contributed by atoms with Crippen molar-refractivity contribution in [1.29, 1.82) is 0 Å². The number of halogens is 4. The maximum absolute atomic E-state index is 6.20. The number of hydrogen-bond acceptors (Lipinski definition) is 2. The van der Waals surface area contributed by atoms with Crippen LogP contribution in [0, 0.1) is 0 Å². The van der Waals surface area contributed by atoms with E-state index in [9.17, 15) is 0 Å². The van der Waals surface area contributed by atoms with Crippen molar-refractivity contribution in [2.75, 3.05) is 0 Å². The standard InChI is InChI=1S/C14H12Cl4N2/c15-9-2-3-10(12(17)7-9)14(20-19)6-8-1-4-11(16)13(18)5-8/h1-5,7,14,20H,6,19H2. The summed E-state index contributed by atoms with van der Waals surface area (Å²) in [7, 11) is 0. The van der Waals surface area contributed by atoms with Crippen LogP contribution in [-0.2, 0) is 6.42 Å². The van der Waals surface area contributed by atoms with Crippen LogP contribution in [0.2, 0.25) is 20.1 Å². The molecule has 2 aromatic carbocycles. The fourth-order valence-corrected chi connectivity index (χ4v) is 2.81. The highest BCUT2D eigenvalue weighted by Gasteiger charge is 2.15. The minimum atomic E-state index is -0.142. The summed E-state index contributed by atoms with van der Waals surface area (Å²) in [5.74, 6) is 5.63. The van der Waals surface area contributed by atoms with E-state index in [0.29, 0.717) is 26.5 Å². The zero-order valence-electron chi connectivity index (χ0n) is 10.3. The van der Waals surface area contributed by atoms with Crippen LogP contribution >= 0.6 is 46.4 Å². The van der Waals surface area contributed by atoms with Gasteiger partial charge in [-0.3, -0.25) is 11.3 Å². The Morgan fingerprint density at radius 1 is 0.900 bits per heavy atom. The molecule has 0 fully saturated rings. The molecule has 0 bridgehead atoms. The maximum atomic E-state index is 6.20. The SMILES string of the molecule is NNC(Cc1ccc(Cl)c(Cl)c1)c1ccc(Cl)cc1Cl. The lowest BCUT2D eigenvalue weighted by Crippen LogP contribution is -2.29. The quantitative estimate of drug-likeness (QED) is 0.598. The van der Waals surface area contributed by atoms with E-state index >= 15 is 0 Å². The lowest BCUT2D eigenvalue weighted by atomic mass is 9.99. The van der Waals surface area contributed by atoms with Crippen LogP contribution < -0.4 is 11.3 Å². The van der Waals surface area contributed by atoms with E-state index in [2.05, 4.69) is 5.43 Å². The number of nitrogens with one attached hydrogen (secondary N) is 1. The molecule has 0 amide bonds. The monoisotopic (exact) mass is 348 g/mol. The lowest BCUT2D eigenvalue weighted by molar-refractivity contribution is 0.552. The highest BCUT2D eigenvalue weighted by Crippen LogP contribution is 2.29. The first-order valence-corrected chi connectivity index (χ1v) is 7.37. The van der Waals surface area contributed by atoms with Crippen molar-refractivity contribution in [3.63, 3.8) is 0 Å². The van der Waals surface area contributed by atoms with Gasteiger partial charge in [0.05, 0.1) is 16.1 Å². The number of rotatable bonds is 4. The number of nitrogens with two attached hydrogens (primary N) is 1. The minimum absolute atomic E-state index is 0.142. The van der Waals surface area contributed by atoms with Crippen molar-refractivity contribution in [3.8, 4) is 0 Å². The first kappa shape index (κ1) is 15.9. The normalized spacial score (nSPS) is 12.4. The van der Waals surface area contributed by atoms with Crippen LogP contribution in [0.15, 0.2) is 36.4 Å². The zero-order chi connectivity index (χ0) is 14.7. The third kappa shape index (κ3) is 3.79. The molecule has 0 aromatic heterocycles. The van der Waals surface area contributed by atoms with E-state index in [1.54, 1.807) is 18.2 Å². The van der Waals surface area contributed by atoms with E-state index in [1.165, 1.54) is 0 Å². The summed E-state index contributed by atoms with van der Waals surface area (Å²) >= 11 is 24.0. The molecule has 0 spiro atoms. The van der Waals surface area contributed by atoms with Gasteiger partial charge in [0.1, 0.15) is 0 Å². The van der Waals surface area contributed by atoms with Crippen molar-refractivity contribution in [3.05, 3.63) is 67.6 Å². The molecule has 2 aromatic rings. The molecule has 2 rings (SSSR count). The predicted molar refractivity (Wildman–Crippen MR) is 86.7 cm³/mol. The second-order valence-corrected chi connectivity index (χ2v) is 6.00. The van der Waals surface area contributed by atoms with Crippen molar-refractivity contribution in [2.45, 2.75) is 12.5 Å². The minimum Gasteiger partial charge on any atom is -0.271 e. The molecule has 2 nitrogen and oxygen atoms in total. The maximum Gasteiger partial charge on any atom is 0.0595 e. The van der Waals surface area contributed by atoms with Crippen LogP contribution in [0.4, 0.5) is 0 Å². The molecule has 20 heavy (non-hydrogen) atoms. The van der Waals surface area contributed by atoms with Gasteiger partial charge in [-0.05, 0) is 41.8 Å². The van der Waals surface area contributed by atoms with Crippen molar-refractivity contribution >= 4 is 46.4 Å². The Morgan fingerprint density at radius 2 is 1.65 bits per heavy atom. The zero-order valence-corrected chi connectivity index (χ0v) is 13.4. The molecule has 106 valence electrons. The topological polar surface area (TPSA) is 38.0 Å². The summed E-state index contributed by atoms with van der Waals surface area (Å²) < 4.78 is 0. The molecule has 0 aliphatic heterocycles. The van der Waals surface area contributed by atoms with Gasteiger partial charge in [-0.15, -0.1) is 0 Å². The second-order valence-electron chi connectivity index (χ2n) is 4.34. The summed E-state index contributed by atoms with van der Waals surface area (Å²) in [6.07, 6.45) is 0.634. The van der Waals surface area contributed by atoms with Gasteiger partial charge >= 0.3 is 0 Å². The molecule has 6 heteroatoms. The van der Waals surface area contributed by atoms with E-state index < -0.39 is 0 Å². The van der Waals surface area contributed by atoms with Crippen molar-refractivity contribution in [1.82, 2.24) is 5.43 Å². The summed E-state index contributed by atoms with van der Waals surface area (Å²) in [5.41, 5.74) is 4.64. The Kier molecular flexibility index (Phi) is 5.56. The van der Waals surface area contributed by atoms with Gasteiger partial charge in [0, 0.05) is 10.0 Å². The largest absolute Gasteiger partial charge is 0.271 e. The fourth-order valence-electron chi connectivity index (χ4n) is 1.95. The smallest absolute Gasteiger partial charge is 0.0595 e. The molecule has 3 N–H and O–H groups in total. The Hall–Kier alpha value is -0.480. The van der Waals surface area contributed by atoms with Gasteiger partial charge in [0.25, 0.3) is 0 Å². The second kappa shape index (κ2) is 6.99. The van der Waals surface area contributed by atoms with Crippen LogP contribution in [0.3, 0.4) is 0 Å². The highest BCUT2D eigenvalue weighted by atomic mass is 35.5. The van der Waals surface area contributed by atoms with Gasteiger partial charge in [0.15, 0.2) is 0 Å². The van der Waals surface area contributed by atoms with Gasteiger partial charge in [-0.25, -0.2) is 0 Å². The molecule has 0 saturated carbocycles. The van der Waals surface area contributed by atoms with Crippen LogP contribution in [0.5, 0.6) is 0 Å². The third-order valence-electron chi connectivity index (χ3n) is 2.96. The summed E-state index contributed by atoms with van der Waals surface area (Å²) in [5, 5.41) is 2.20. The molecule has 0 heterocycles. The summed E-state index contributed by atoms with van der Waals surface area (Å²) in [6.45, 7) is 0. The Balaban J connectivity index is 2.26. The summed E-state index contributed by atoms with van der Waals surface area (Å²) in [4.78, 5) is 0. The molecule has 1 atom stereocenters. The van der Waals surface area contributed by atoms with Gasteiger partial charge < -0.3 is 0 Å². The number of hydrazine groups is 1. The molecule has 0 aliphatic rings. The Labute approximate surface area is 137 Å². The Morgan fingerprint density at radius 3 is 2.25 bits per heavy atom. The van der Waals surface area contributed by atoms with E-state index in [0.717, 1.165) is 11.1 Å². The molecule has 0 saturated heterocycles. The summed E-state index contributed by atoms with van der Waals surface area (Å²) in [6, 6.07) is 10.7. The van der Waals surface area contributed by atoms with Crippen LogP contribution in [0.1, 0.15) is 17.2 Å². The average Bonchev–Trinajstić information content (AvgIpc) is 2.41. The van der Waals surface area contributed by atoms with E-state index in [1.807, 2.05) is 18.2 Å². The lowest BCUT2D eigenvalue weighted by Gasteiger charge is -2.18. The first-order chi connectivity index (χ1) is 9.51. The van der Waals surface area contributed by atoms with Crippen molar-refractivity contribution < 1.29 is 0 Å². The molecule has 1 unspecified atom stereocenters. The number of benzene rings is 2. The highest BCUT2D eigenvalue weighted by molar-refractivity contribution is 6.42. The number of hydrogen-bond donors (Lipinski definition) is 2. The van der Waals surface area contributed by atoms with Crippen LogP contribution in [-0.4, -0.2) is 0 Å². The third-order valence-corrected chi connectivity index (χ3v) is 4.26. The molecular weight excluding hydrogens is 338 g/mol. The van der Waals surface area contributed by atoms with Crippen LogP contribution in [0.25, 0.3) is 0 Å². The van der Waals surface area contributed by atoms with Gasteiger partial charge in [-0.1, -0.05) is 58.5 Å². The molecule has 0 radical (unpaired) electrons. The fraction of sp³-hybridized carbons (Fsp3) is 0.143. The first-order valence-electron chi connectivity index (χ1n) is 5.86. The predicted octanol–water partition coefficient (Wildman–Crippen LogP) is 5.05. The van der Waals surface area contributed by atoms with Crippen molar-refractivity contribution in [2.24, 2.45) is 5.84 Å². The average molecular weight is 350 g/mol. The van der Waals surface area contributed by atoms with Gasteiger partial charge in [-0.2, -0.15) is 0 Å². The van der Waals surface area contributed by atoms with E-state index in [-0.39, 0.29) is 6.04 Å².